The van der Waals surface area contributed by atoms with Gasteiger partial charge in [-0.05, 0) is 38.0 Å². The predicted octanol–water partition coefficient (Wildman–Crippen LogP) is 0.471. The number of aliphatic carboxylic acids is 1. The smallest absolute Gasteiger partial charge is 0.326 e. The van der Waals surface area contributed by atoms with Gasteiger partial charge < -0.3 is 26.4 Å². The summed E-state index contributed by atoms with van der Waals surface area (Å²) in [6, 6.07) is -3.27. The molecule has 1 aliphatic heterocycles. The standard InChI is InChI=1S/C20H36N4O5/c1-6-12(4)16(20(28)29)23-18(26)15-8-7-9-24(15)19(27)14(10-11(2)3)22-17(25)13(5)21/h11-16H,6-10,21H2,1-5H3,(H,22,25)(H,23,26)(H,28,29). The number of hydrogen-bond acceptors (Lipinski definition) is 5. The lowest BCUT2D eigenvalue weighted by molar-refractivity contribution is -0.146. The van der Waals surface area contributed by atoms with Gasteiger partial charge >= 0.3 is 5.97 Å². The van der Waals surface area contributed by atoms with Crippen LogP contribution in [0.2, 0.25) is 0 Å². The van der Waals surface area contributed by atoms with E-state index in [4.69, 9.17) is 5.73 Å². The number of nitrogens with two attached hydrogens (primary N) is 1. The van der Waals surface area contributed by atoms with Crippen LogP contribution < -0.4 is 16.4 Å². The molecule has 5 N–H and O–H groups in total. The second-order valence-corrected chi connectivity index (χ2v) is 8.38. The predicted molar refractivity (Wildman–Crippen MR) is 109 cm³/mol. The van der Waals surface area contributed by atoms with E-state index in [9.17, 15) is 24.3 Å². The van der Waals surface area contributed by atoms with Crippen molar-refractivity contribution in [2.24, 2.45) is 17.6 Å². The number of carboxylic acids is 1. The summed E-state index contributed by atoms with van der Waals surface area (Å²) in [5, 5.41) is 14.7. The van der Waals surface area contributed by atoms with Crippen molar-refractivity contribution in [1.82, 2.24) is 15.5 Å². The molecule has 0 aromatic carbocycles. The normalized spacial score (nSPS) is 20.7. The Kier molecular flexibility index (Phi) is 9.55. The third-order valence-corrected chi connectivity index (χ3v) is 5.35. The van der Waals surface area contributed by atoms with Crippen LogP contribution in [0.25, 0.3) is 0 Å². The van der Waals surface area contributed by atoms with Gasteiger partial charge in [-0.25, -0.2) is 4.79 Å². The van der Waals surface area contributed by atoms with Crippen LogP contribution in [0, 0.1) is 11.8 Å². The lowest BCUT2D eigenvalue weighted by Gasteiger charge is -2.31. The largest absolute Gasteiger partial charge is 0.480 e. The van der Waals surface area contributed by atoms with Gasteiger partial charge in [0.25, 0.3) is 0 Å². The highest BCUT2D eigenvalue weighted by Crippen LogP contribution is 2.21. The minimum atomic E-state index is -1.09. The van der Waals surface area contributed by atoms with Crippen molar-refractivity contribution in [2.75, 3.05) is 6.54 Å². The Hall–Kier alpha value is -2.16. The van der Waals surface area contributed by atoms with Gasteiger partial charge in [0.2, 0.25) is 17.7 Å². The molecule has 0 spiro atoms. The van der Waals surface area contributed by atoms with E-state index in [1.165, 1.54) is 4.90 Å². The lowest BCUT2D eigenvalue weighted by Crippen LogP contribution is -2.57. The second-order valence-electron chi connectivity index (χ2n) is 8.38. The minimum Gasteiger partial charge on any atom is -0.480 e. The number of carbonyl (C=O) groups excluding carboxylic acids is 3. The molecule has 5 atom stereocenters. The van der Waals surface area contributed by atoms with Crippen LogP contribution in [0.5, 0.6) is 0 Å². The summed E-state index contributed by atoms with van der Waals surface area (Å²) in [4.78, 5) is 51.0. The zero-order chi connectivity index (χ0) is 22.3. The molecule has 29 heavy (non-hydrogen) atoms. The van der Waals surface area contributed by atoms with Crippen LogP contribution >= 0.6 is 0 Å². The molecule has 0 radical (unpaired) electrons. The van der Waals surface area contributed by atoms with Gasteiger partial charge in [0.1, 0.15) is 18.1 Å². The number of amides is 3. The average Bonchev–Trinajstić information content (AvgIpc) is 3.13. The highest BCUT2D eigenvalue weighted by Gasteiger charge is 2.39. The first-order chi connectivity index (χ1) is 13.5. The Morgan fingerprint density at radius 2 is 1.76 bits per heavy atom. The molecule has 3 amide bonds. The quantitative estimate of drug-likeness (QED) is 0.411. The Balaban J connectivity index is 2.96. The van der Waals surface area contributed by atoms with E-state index < -0.39 is 42.0 Å². The zero-order valence-electron chi connectivity index (χ0n) is 18.1. The minimum absolute atomic E-state index is 0.147. The first kappa shape index (κ1) is 24.9. The van der Waals surface area contributed by atoms with Gasteiger partial charge in [-0.15, -0.1) is 0 Å². The SMILES string of the molecule is CCC(C)C(NC(=O)C1CCCN1C(=O)C(CC(C)C)NC(=O)C(C)N)C(=O)O. The van der Waals surface area contributed by atoms with Gasteiger partial charge in [0.05, 0.1) is 6.04 Å². The molecule has 9 heteroatoms. The van der Waals surface area contributed by atoms with Crippen molar-refractivity contribution >= 4 is 23.7 Å². The van der Waals surface area contributed by atoms with E-state index >= 15 is 0 Å². The van der Waals surface area contributed by atoms with Crippen molar-refractivity contribution in [1.29, 1.82) is 0 Å². The number of likely N-dealkylation sites (tertiary alicyclic amines) is 1. The van der Waals surface area contributed by atoms with Crippen LogP contribution in [0.15, 0.2) is 0 Å². The van der Waals surface area contributed by atoms with Crippen LogP contribution in [-0.4, -0.2) is 64.4 Å². The van der Waals surface area contributed by atoms with Gasteiger partial charge in [-0.2, -0.15) is 0 Å². The molecule has 0 aromatic rings. The van der Waals surface area contributed by atoms with Crippen LogP contribution in [0.3, 0.4) is 0 Å². The Morgan fingerprint density at radius 1 is 1.14 bits per heavy atom. The monoisotopic (exact) mass is 412 g/mol. The number of carboxylic acid groups (broad SMARTS) is 1. The van der Waals surface area contributed by atoms with Gasteiger partial charge in [0, 0.05) is 6.54 Å². The van der Waals surface area contributed by atoms with Crippen molar-refractivity contribution in [3.05, 3.63) is 0 Å². The molecule has 166 valence electrons. The first-order valence-electron chi connectivity index (χ1n) is 10.4. The summed E-state index contributed by atoms with van der Waals surface area (Å²) in [6.07, 6.45) is 2.12. The maximum atomic E-state index is 13.1. The summed E-state index contributed by atoms with van der Waals surface area (Å²) in [5.41, 5.74) is 5.61. The Morgan fingerprint density at radius 3 is 2.24 bits per heavy atom. The summed E-state index contributed by atoms with van der Waals surface area (Å²) in [5.74, 6) is -2.40. The van der Waals surface area contributed by atoms with Crippen molar-refractivity contribution in [2.45, 2.75) is 84.5 Å². The Bertz CT molecular complexity index is 608. The molecule has 0 aliphatic carbocycles. The molecule has 0 bridgehead atoms. The van der Waals surface area contributed by atoms with Gasteiger partial charge in [0.15, 0.2) is 0 Å². The number of nitrogens with zero attached hydrogens (tertiary/aromatic N) is 1. The lowest BCUT2D eigenvalue weighted by atomic mass is 9.98. The first-order valence-corrected chi connectivity index (χ1v) is 10.4. The molecule has 1 heterocycles. The van der Waals surface area contributed by atoms with E-state index in [0.717, 1.165) is 0 Å². The van der Waals surface area contributed by atoms with Crippen LogP contribution in [-0.2, 0) is 19.2 Å². The third-order valence-electron chi connectivity index (χ3n) is 5.35. The summed E-state index contributed by atoms with van der Waals surface area (Å²) >= 11 is 0. The number of carbonyl (C=O) groups is 4. The van der Waals surface area contributed by atoms with E-state index in [-0.39, 0.29) is 17.7 Å². The number of rotatable bonds is 10. The summed E-state index contributed by atoms with van der Waals surface area (Å²) in [7, 11) is 0. The fourth-order valence-corrected chi connectivity index (χ4v) is 3.43. The number of nitrogens with one attached hydrogen (secondary N) is 2. The number of hydrogen-bond donors (Lipinski definition) is 4. The van der Waals surface area contributed by atoms with Crippen LogP contribution in [0.4, 0.5) is 0 Å². The molecule has 5 unspecified atom stereocenters. The molecule has 1 fully saturated rings. The molecular formula is C20H36N4O5. The Labute approximate surface area is 172 Å². The topological polar surface area (TPSA) is 142 Å². The summed E-state index contributed by atoms with van der Waals surface area (Å²) in [6.45, 7) is 9.43. The highest BCUT2D eigenvalue weighted by molar-refractivity contribution is 5.94. The van der Waals surface area contributed by atoms with E-state index in [1.54, 1.807) is 13.8 Å². The molecule has 0 saturated carbocycles. The second kappa shape index (κ2) is 11.1. The maximum absolute atomic E-state index is 13.1. The van der Waals surface area contributed by atoms with Crippen LogP contribution in [0.1, 0.15) is 60.3 Å². The van der Waals surface area contributed by atoms with Gasteiger partial charge in [-0.1, -0.05) is 34.1 Å². The third kappa shape index (κ3) is 6.99. The van der Waals surface area contributed by atoms with E-state index in [1.807, 2.05) is 20.8 Å². The molecule has 1 aliphatic rings. The highest BCUT2D eigenvalue weighted by atomic mass is 16.4. The van der Waals surface area contributed by atoms with Crippen molar-refractivity contribution in [3.8, 4) is 0 Å². The molecule has 0 aromatic heterocycles. The molecule has 1 saturated heterocycles. The summed E-state index contributed by atoms with van der Waals surface area (Å²) < 4.78 is 0. The molecule has 1 rings (SSSR count). The fraction of sp³-hybridized carbons (Fsp3) is 0.800. The zero-order valence-corrected chi connectivity index (χ0v) is 18.1. The average molecular weight is 413 g/mol. The van der Waals surface area contributed by atoms with E-state index in [2.05, 4.69) is 10.6 Å². The maximum Gasteiger partial charge on any atom is 0.326 e. The van der Waals surface area contributed by atoms with Gasteiger partial charge in [-0.3, -0.25) is 14.4 Å². The van der Waals surface area contributed by atoms with Crippen molar-refractivity contribution < 1.29 is 24.3 Å². The molecular weight excluding hydrogens is 376 g/mol. The van der Waals surface area contributed by atoms with Crippen molar-refractivity contribution in [3.63, 3.8) is 0 Å². The van der Waals surface area contributed by atoms with E-state index in [0.29, 0.717) is 32.2 Å². The molecule has 9 nitrogen and oxygen atoms in total. The fourth-order valence-electron chi connectivity index (χ4n) is 3.43.